The molecule has 4 rings (SSSR count). The molecular weight excluding hydrogens is 514 g/mol. The minimum Gasteiger partial charge on any atom is -0.228 e. The SMILES string of the molecule is Cc1cc(C(F)(F)F)n(-c2ccccc2)n1.FC(F)(F)c1cc(CBr)nn1-c1ccccc1. The number of rotatable bonds is 3. The van der Waals surface area contributed by atoms with Crippen LogP contribution in [0.2, 0.25) is 0 Å². The molecule has 0 atom stereocenters. The molecule has 0 unspecified atom stereocenters. The highest BCUT2D eigenvalue weighted by molar-refractivity contribution is 9.08. The first-order valence-electron chi connectivity index (χ1n) is 9.47. The van der Waals surface area contributed by atoms with E-state index in [1.165, 1.54) is 6.92 Å². The Morgan fingerprint density at radius 3 is 1.55 bits per heavy atom. The summed E-state index contributed by atoms with van der Waals surface area (Å²) in [4.78, 5) is 0. The van der Waals surface area contributed by atoms with E-state index in [4.69, 9.17) is 0 Å². The first-order chi connectivity index (χ1) is 15.5. The normalized spacial score (nSPS) is 11.8. The number of alkyl halides is 7. The highest BCUT2D eigenvalue weighted by Gasteiger charge is 2.36. The van der Waals surface area contributed by atoms with Crippen molar-refractivity contribution in [1.82, 2.24) is 19.6 Å². The van der Waals surface area contributed by atoms with Gasteiger partial charge in [-0.1, -0.05) is 52.3 Å². The number of hydrogen-bond acceptors (Lipinski definition) is 2. The fraction of sp³-hybridized carbons (Fsp3) is 0.182. The third-order valence-corrected chi connectivity index (χ3v) is 4.89. The molecule has 0 amide bonds. The molecule has 174 valence electrons. The Balaban J connectivity index is 0.000000186. The van der Waals surface area contributed by atoms with Crippen LogP contribution in [0.15, 0.2) is 72.8 Å². The van der Waals surface area contributed by atoms with E-state index in [0.29, 0.717) is 22.8 Å². The van der Waals surface area contributed by atoms with Crippen molar-refractivity contribution in [3.63, 3.8) is 0 Å². The lowest BCUT2D eigenvalue weighted by Gasteiger charge is -2.09. The van der Waals surface area contributed by atoms with Crippen LogP contribution in [0.3, 0.4) is 0 Å². The molecule has 0 saturated carbocycles. The summed E-state index contributed by atoms with van der Waals surface area (Å²) in [6.07, 6.45) is -8.81. The largest absolute Gasteiger partial charge is 0.433 e. The Morgan fingerprint density at radius 2 is 1.12 bits per heavy atom. The van der Waals surface area contributed by atoms with Gasteiger partial charge < -0.3 is 0 Å². The van der Waals surface area contributed by atoms with Gasteiger partial charge in [-0.2, -0.15) is 36.5 Å². The Kier molecular flexibility index (Phi) is 7.31. The second kappa shape index (κ2) is 9.82. The highest BCUT2D eigenvalue weighted by atomic mass is 79.9. The summed E-state index contributed by atoms with van der Waals surface area (Å²) in [6.45, 7) is 1.54. The van der Waals surface area contributed by atoms with Crippen LogP contribution in [-0.2, 0) is 17.7 Å². The minimum atomic E-state index is -4.41. The van der Waals surface area contributed by atoms with Crippen molar-refractivity contribution in [1.29, 1.82) is 0 Å². The topological polar surface area (TPSA) is 35.6 Å². The quantitative estimate of drug-likeness (QED) is 0.211. The molecule has 33 heavy (non-hydrogen) atoms. The Morgan fingerprint density at radius 1 is 0.697 bits per heavy atom. The van der Waals surface area contributed by atoms with E-state index in [9.17, 15) is 26.3 Å². The van der Waals surface area contributed by atoms with Crippen molar-refractivity contribution < 1.29 is 26.3 Å². The highest BCUT2D eigenvalue weighted by Crippen LogP contribution is 2.32. The van der Waals surface area contributed by atoms with Crippen LogP contribution < -0.4 is 0 Å². The summed E-state index contributed by atoms with van der Waals surface area (Å²) in [5, 5.41) is 8.05. The molecule has 0 aliphatic heterocycles. The molecule has 2 heterocycles. The van der Waals surface area contributed by atoms with Crippen molar-refractivity contribution >= 4 is 15.9 Å². The van der Waals surface area contributed by atoms with Crippen molar-refractivity contribution in [3.8, 4) is 11.4 Å². The Bertz CT molecular complexity index is 1180. The lowest BCUT2D eigenvalue weighted by Crippen LogP contribution is -2.13. The van der Waals surface area contributed by atoms with Gasteiger partial charge in [-0.15, -0.1) is 0 Å². The van der Waals surface area contributed by atoms with Crippen molar-refractivity contribution in [3.05, 3.63) is 95.6 Å². The van der Waals surface area contributed by atoms with Gasteiger partial charge in [-0.3, -0.25) is 0 Å². The molecule has 2 aromatic heterocycles. The van der Waals surface area contributed by atoms with Gasteiger partial charge in [0.05, 0.1) is 22.8 Å². The third-order valence-electron chi connectivity index (χ3n) is 4.31. The van der Waals surface area contributed by atoms with Gasteiger partial charge in [-0.05, 0) is 43.3 Å². The van der Waals surface area contributed by atoms with Gasteiger partial charge in [0.25, 0.3) is 0 Å². The van der Waals surface area contributed by atoms with E-state index < -0.39 is 23.7 Å². The monoisotopic (exact) mass is 530 g/mol. The Hall–Kier alpha value is -3.08. The van der Waals surface area contributed by atoms with Gasteiger partial charge >= 0.3 is 12.4 Å². The fourth-order valence-corrected chi connectivity index (χ4v) is 3.20. The lowest BCUT2D eigenvalue weighted by atomic mass is 10.3. The molecule has 0 N–H and O–H groups in total. The average Bonchev–Trinajstić information content (AvgIpc) is 3.39. The average molecular weight is 531 g/mol. The smallest absolute Gasteiger partial charge is 0.228 e. The molecule has 2 aromatic carbocycles. The molecule has 0 bridgehead atoms. The maximum absolute atomic E-state index is 12.8. The number of para-hydroxylation sites is 2. The van der Waals surface area contributed by atoms with E-state index in [-0.39, 0.29) is 5.33 Å². The fourth-order valence-electron chi connectivity index (χ4n) is 2.93. The van der Waals surface area contributed by atoms with Gasteiger partial charge in [-0.25, -0.2) is 9.36 Å². The van der Waals surface area contributed by atoms with Gasteiger partial charge in [0.15, 0.2) is 0 Å². The van der Waals surface area contributed by atoms with Crippen LogP contribution in [0, 0.1) is 6.92 Å². The lowest BCUT2D eigenvalue weighted by molar-refractivity contribution is -0.143. The molecule has 0 fully saturated rings. The number of aromatic nitrogens is 4. The second-order valence-corrected chi connectivity index (χ2v) is 7.38. The zero-order valence-electron chi connectivity index (χ0n) is 17.1. The summed E-state index contributed by atoms with van der Waals surface area (Å²) in [6, 6.07) is 18.6. The molecule has 4 aromatic rings. The predicted molar refractivity (Wildman–Crippen MR) is 114 cm³/mol. The van der Waals surface area contributed by atoms with Crippen LogP contribution in [0.4, 0.5) is 26.3 Å². The summed E-state index contributed by atoms with van der Waals surface area (Å²) < 4.78 is 78.3. The van der Waals surface area contributed by atoms with Crippen LogP contribution >= 0.6 is 15.9 Å². The minimum absolute atomic E-state index is 0.288. The number of benzene rings is 2. The Labute approximate surface area is 193 Å². The maximum Gasteiger partial charge on any atom is 0.433 e. The van der Waals surface area contributed by atoms with E-state index in [0.717, 1.165) is 21.5 Å². The molecule has 4 nitrogen and oxygen atoms in total. The van der Waals surface area contributed by atoms with Gasteiger partial charge in [0.2, 0.25) is 0 Å². The molecule has 0 aliphatic carbocycles. The molecule has 0 saturated heterocycles. The molecular formula is C22H17BrF6N4. The second-order valence-electron chi connectivity index (χ2n) is 6.82. The zero-order valence-corrected chi connectivity index (χ0v) is 18.7. The summed E-state index contributed by atoms with van der Waals surface area (Å²) >= 11 is 3.10. The predicted octanol–water partition coefficient (Wildman–Crippen LogP) is 6.99. The van der Waals surface area contributed by atoms with Crippen molar-refractivity contribution in [2.24, 2.45) is 0 Å². The van der Waals surface area contributed by atoms with Crippen LogP contribution in [-0.4, -0.2) is 19.6 Å². The molecule has 0 aliphatic rings. The van der Waals surface area contributed by atoms with E-state index >= 15 is 0 Å². The van der Waals surface area contributed by atoms with Crippen LogP contribution in [0.25, 0.3) is 11.4 Å². The van der Waals surface area contributed by atoms with Gasteiger partial charge in [0, 0.05) is 5.33 Å². The maximum atomic E-state index is 12.8. The zero-order chi connectivity index (χ0) is 24.2. The van der Waals surface area contributed by atoms with Gasteiger partial charge in [0.1, 0.15) is 11.4 Å². The first kappa shape index (κ1) is 24.6. The molecule has 11 heteroatoms. The number of halogens is 7. The summed E-state index contributed by atoms with van der Waals surface area (Å²) in [5.74, 6) is 0. The summed E-state index contributed by atoms with van der Waals surface area (Å²) in [5.41, 5.74) is -0.0262. The standard InChI is InChI=1S/C11H8BrF3N2.C11H9F3N2/c12-7-8-6-10(11(13,14)15)17(16-8)9-4-2-1-3-5-9;1-8-7-10(11(12,13)14)16(15-8)9-5-3-2-4-6-9/h1-6H,7H2;2-7H,1H3. The number of hydrogen-bond donors (Lipinski definition) is 0. The number of nitrogens with zero attached hydrogens (tertiary/aromatic N) is 4. The molecule has 0 radical (unpaired) electrons. The third kappa shape index (κ3) is 6.04. The van der Waals surface area contributed by atoms with E-state index in [1.807, 2.05) is 0 Å². The van der Waals surface area contributed by atoms with Crippen molar-refractivity contribution in [2.45, 2.75) is 24.6 Å². The van der Waals surface area contributed by atoms with Crippen LogP contribution in [0.5, 0.6) is 0 Å². The first-order valence-corrected chi connectivity index (χ1v) is 10.6. The van der Waals surface area contributed by atoms with E-state index in [2.05, 4.69) is 26.1 Å². The summed E-state index contributed by atoms with van der Waals surface area (Å²) in [7, 11) is 0. The van der Waals surface area contributed by atoms with Crippen LogP contribution in [0.1, 0.15) is 22.8 Å². The number of aryl methyl sites for hydroxylation is 1. The van der Waals surface area contributed by atoms with Crippen molar-refractivity contribution in [2.75, 3.05) is 0 Å². The van der Waals surface area contributed by atoms with E-state index in [1.54, 1.807) is 60.7 Å². The molecule has 0 spiro atoms.